The Hall–Kier alpha value is -1.63. The number of nitrogens with zero attached hydrogens (tertiary/aromatic N) is 1. The minimum Gasteiger partial charge on any atom is -0.481 e. The molecular weight excluding hydrogens is 254 g/mol. The van der Waals surface area contributed by atoms with E-state index < -0.39 is 17.8 Å². The fourth-order valence-corrected chi connectivity index (χ4v) is 2.29. The van der Waals surface area contributed by atoms with E-state index in [2.05, 4.69) is 4.74 Å². The molecule has 1 heterocycles. The van der Waals surface area contributed by atoms with E-state index in [0.717, 1.165) is 0 Å². The molecule has 7 nitrogen and oxygen atoms in total. The van der Waals surface area contributed by atoms with Gasteiger partial charge in [-0.25, -0.2) is 0 Å². The van der Waals surface area contributed by atoms with Crippen molar-refractivity contribution >= 4 is 17.8 Å². The first-order chi connectivity index (χ1) is 9.02. The molecule has 1 aliphatic heterocycles. The van der Waals surface area contributed by atoms with Crippen LogP contribution in [0.1, 0.15) is 12.8 Å². The minimum absolute atomic E-state index is 0.104. The van der Waals surface area contributed by atoms with Gasteiger partial charge in [-0.3, -0.25) is 14.4 Å². The third-order valence-corrected chi connectivity index (χ3v) is 3.50. The first kappa shape index (κ1) is 13.8. The molecule has 7 heteroatoms. The zero-order valence-corrected chi connectivity index (χ0v) is 10.7. The maximum absolute atomic E-state index is 12.1. The molecule has 1 saturated heterocycles. The monoisotopic (exact) mass is 271 g/mol. The Balaban J connectivity index is 1.86. The lowest BCUT2D eigenvalue weighted by atomic mass is 10.2. The number of hydrogen-bond acceptors (Lipinski definition) is 5. The van der Waals surface area contributed by atoms with Crippen LogP contribution in [0, 0.1) is 11.8 Å². The van der Waals surface area contributed by atoms with Gasteiger partial charge in [-0.2, -0.15) is 0 Å². The summed E-state index contributed by atoms with van der Waals surface area (Å²) < 4.78 is 9.95. The number of rotatable bonds is 4. The summed E-state index contributed by atoms with van der Waals surface area (Å²) in [5.74, 6) is -2.40. The molecular formula is C12H17NO6. The van der Waals surface area contributed by atoms with E-state index in [0.29, 0.717) is 26.1 Å². The molecule has 0 spiro atoms. The van der Waals surface area contributed by atoms with Gasteiger partial charge in [-0.1, -0.05) is 0 Å². The van der Waals surface area contributed by atoms with E-state index in [4.69, 9.17) is 9.84 Å². The summed E-state index contributed by atoms with van der Waals surface area (Å²) in [5.41, 5.74) is 0. The average Bonchev–Trinajstić information content (AvgIpc) is 3.18. The maximum atomic E-state index is 12.1. The largest absolute Gasteiger partial charge is 0.481 e. The van der Waals surface area contributed by atoms with Gasteiger partial charge in [0.25, 0.3) is 0 Å². The second-order valence-electron chi connectivity index (χ2n) is 4.84. The first-order valence-corrected chi connectivity index (χ1v) is 6.23. The number of esters is 1. The summed E-state index contributed by atoms with van der Waals surface area (Å²) >= 11 is 0. The number of carbonyl (C=O) groups is 3. The Kier molecular flexibility index (Phi) is 4.04. The molecule has 0 radical (unpaired) electrons. The van der Waals surface area contributed by atoms with Crippen molar-refractivity contribution in [2.24, 2.45) is 11.8 Å². The van der Waals surface area contributed by atoms with Crippen LogP contribution in [0.4, 0.5) is 0 Å². The lowest BCUT2D eigenvalue weighted by molar-refractivity contribution is -0.151. The smallest absolute Gasteiger partial charge is 0.308 e. The highest BCUT2D eigenvalue weighted by Crippen LogP contribution is 2.40. The standard InChI is InChI=1S/C12H17NO6/c1-18-10(14)4-7-6-13(2-3-19-7)11(15)8-5-9(8)12(16)17/h7-9H,2-6H2,1H3,(H,16,17)/t7?,8-,9+/m1/s1. The molecule has 1 unspecified atom stereocenters. The SMILES string of the molecule is COC(=O)CC1CN(C(=O)[C@@H]2C[C@@H]2C(=O)O)CCO1. The Labute approximate surface area is 110 Å². The van der Waals surface area contributed by atoms with Gasteiger partial charge in [-0.05, 0) is 6.42 Å². The molecule has 1 amide bonds. The highest BCUT2D eigenvalue weighted by Gasteiger charge is 2.50. The third-order valence-electron chi connectivity index (χ3n) is 3.50. The van der Waals surface area contributed by atoms with Gasteiger partial charge >= 0.3 is 11.9 Å². The van der Waals surface area contributed by atoms with Crippen molar-refractivity contribution in [1.29, 1.82) is 0 Å². The molecule has 2 aliphatic rings. The van der Waals surface area contributed by atoms with E-state index >= 15 is 0 Å². The van der Waals surface area contributed by atoms with Crippen LogP contribution in [0.25, 0.3) is 0 Å². The van der Waals surface area contributed by atoms with Crippen molar-refractivity contribution in [2.75, 3.05) is 26.8 Å². The predicted molar refractivity (Wildman–Crippen MR) is 62.2 cm³/mol. The molecule has 0 aromatic rings. The predicted octanol–water partition coefficient (Wildman–Crippen LogP) is -0.502. The topological polar surface area (TPSA) is 93.1 Å². The van der Waals surface area contributed by atoms with Crippen LogP contribution < -0.4 is 0 Å². The quantitative estimate of drug-likeness (QED) is 0.693. The Morgan fingerprint density at radius 3 is 2.68 bits per heavy atom. The molecule has 19 heavy (non-hydrogen) atoms. The molecule has 1 aliphatic carbocycles. The number of amides is 1. The molecule has 0 aromatic carbocycles. The maximum Gasteiger partial charge on any atom is 0.308 e. The number of carboxylic acids is 1. The number of hydrogen-bond donors (Lipinski definition) is 1. The van der Waals surface area contributed by atoms with E-state index in [1.54, 1.807) is 4.90 Å². The van der Waals surface area contributed by atoms with Crippen molar-refractivity contribution in [3.63, 3.8) is 0 Å². The van der Waals surface area contributed by atoms with E-state index in [1.807, 2.05) is 0 Å². The summed E-state index contributed by atoms with van der Waals surface area (Å²) in [7, 11) is 1.30. The van der Waals surface area contributed by atoms with Crippen LogP contribution in [0.15, 0.2) is 0 Å². The van der Waals surface area contributed by atoms with Gasteiger partial charge in [0.1, 0.15) is 0 Å². The second kappa shape index (κ2) is 5.56. The van der Waals surface area contributed by atoms with Crippen molar-refractivity contribution < 1.29 is 29.0 Å². The van der Waals surface area contributed by atoms with Crippen LogP contribution in [-0.2, 0) is 23.9 Å². The lowest BCUT2D eigenvalue weighted by Crippen LogP contribution is -2.47. The van der Waals surface area contributed by atoms with Crippen LogP contribution >= 0.6 is 0 Å². The molecule has 2 fully saturated rings. The molecule has 1 N–H and O–H groups in total. The molecule has 0 aromatic heterocycles. The number of carboxylic acid groups (broad SMARTS) is 1. The Morgan fingerprint density at radius 1 is 1.37 bits per heavy atom. The van der Waals surface area contributed by atoms with Crippen LogP contribution in [-0.4, -0.2) is 60.8 Å². The average molecular weight is 271 g/mol. The van der Waals surface area contributed by atoms with Gasteiger partial charge < -0.3 is 19.5 Å². The second-order valence-corrected chi connectivity index (χ2v) is 4.84. The molecule has 3 atom stereocenters. The third kappa shape index (κ3) is 3.23. The summed E-state index contributed by atoms with van der Waals surface area (Å²) in [4.78, 5) is 35.6. The zero-order chi connectivity index (χ0) is 14.0. The summed E-state index contributed by atoms with van der Waals surface area (Å²) in [5, 5.41) is 8.82. The summed E-state index contributed by atoms with van der Waals surface area (Å²) in [6.07, 6.45) is 0.146. The van der Waals surface area contributed by atoms with Gasteiger partial charge in [0.05, 0.1) is 38.1 Å². The van der Waals surface area contributed by atoms with E-state index in [9.17, 15) is 14.4 Å². The normalized spacial score (nSPS) is 29.7. The van der Waals surface area contributed by atoms with Crippen LogP contribution in [0.5, 0.6) is 0 Å². The van der Waals surface area contributed by atoms with Gasteiger partial charge in [0.15, 0.2) is 0 Å². The van der Waals surface area contributed by atoms with E-state index in [1.165, 1.54) is 7.11 Å². The molecule has 106 valence electrons. The number of methoxy groups -OCH3 is 1. The molecule has 1 saturated carbocycles. The Bertz CT molecular complexity index is 396. The van der Waals surface area contributed by atoms with Crippen molar-refractivity contribution in [1.82, 2.24) is 4.90 Å². The number of morpholine rings is 1. The first-order valence-electron chi connectivity index (χ1n) is 6.23. The number of ether oxygens (including phenoxy) is 2. The van der Waals surface area contributed by atoms with Gasteiger partial charge in [0, 0.05) is 13.1 Å². The van der Waals surface area contributed by atoms with Crippen LogP contribution in [0.3, 0.4) is 0 Å². The van der Waals surface area contributed by atoms with Crippen LogP contribution in [0.2, 0.25) is 0 Å². The fourth-order valence-electron chi connectivity index (χ4n) is 2.29. The highest BCUT2D eigenvalue weighted by atomic mass is 16.5. The number of carbonyl (C=O) groups excluding carboxylic acids is 2. The van der Waals surface area contributed by atoms with Gasteiger partial charge in [0.2, 0.25) is 5.91 Å². The van der Waals surface area contributed by atoms with Crippen molar-refractivity contribution in [3.05, 3.63) is 0 Å². The lowest BCUT2D eigenvalue weighted by Gasteiger charge is -2.32. The van der Waals surface area contributed by atoms with Crippen molar-refractivity contribution in [3.8, 4) is 0 Å². The zero-order valence-electron chi connectivity index (χ0n) is 10.7. The molecule has 2 rings (SSSR count). The highest BCUT2D eigenvalue weighted by molar-refractivity contribution is 5.89. The van der Waals surface area contributed by atoms with Gasteiger partial charge in [-0.15, -0.1) is 0 Å². The number of aliphatic carboxylic acids is 1. The Morgan fingerprint density at radius 2 is 2.11 bits per heavy atom. The van der Waals surface area contributed by atoms with Crippen molar-refractivity contribution in [2.45, 2.75) is 18.9 Å². The summed E-state index contributed by atoms with van der Waals surface area (Å²) in [6.45, 7) is 1.12. The minimum atomic E-state index is -0.919. The fraction of sp³-hybridized carbons (Fsp3) is 0.750. The van der Waals surface area contributed by atoms with E-state index in [-0.39, 0.29) is 24.4 Å². The molecule has 0 bridgehead atoms. The summed E-state index contributed by atoms with van der Waals surface area (Å²) in [6, 6.07) is 0.